The number of nitrogens with one attached hydrogen (secondary N) is 1. The Bertz CT molecular complexity index is 1000. The van der Waals surface area contributed by atoms with E-state index < -0.39 is 0 Å². The van der Waals surface area contributed by atoms with E-state index in [0.717, 1.165) is 54.8 Å². The first-order valence-electron chi connectivity index (χ1n) is 9.98. The molecule has 0 bridgehead atoms. The first kappa shape index (κ1) is 17.3. The zero-order valence-electron chi connectivity index (χ0n) is 16.0. The van der Waals surface area contributed by atoms with Crippen LogP contribution in [-0.4, -0.2) is 46.1 Å². The third-order valence-corrected chi connectivity index (χ3v) is 5.76. The molecule has 28 heavy (non-hydrogen) atoms. The number of fused-ring (bicyclic) bond motifs is 1. The Kier molecular flexibility index (Phi) is 4.30. The lowest BCUT2D eigenvalue weighted by Gasteiger charge is -2.31. The molecule has 1 N–H and O–H groups in total. The molecule has 0 radical (unpaired) electrons. The Morgan fingerprint density at radius 3 is 3.04 bits per heavy atom. The van der Waals surface area contributed by atoms with Crippen molar-refractivity contribution in [2.24, 2.45) is 5.92 Å². The lowest BCUT2D eigenvalue weighted by molar-refractivity contribution is 0.0663. The first-order chi connectivity index (χ1) is 13.7. The molecule has 1 amide bonds. The van der Waals surface area contributed by atoms with Crippen LogP contribution in [0, 0.1) is 5.92 Å². The van der Waals surface area contributed by atoms with Crippen LogP contribution in [0.4, 0.5) is 0 Å². The van der Waals surface area contributed by atoms with Crippen LogP contribution in [0.3, 0.4) is 0 Å². The SMILES string of the molecule is COc1ccc2cc(C(=O)N3CCC[C@@H](Cc4nc(C5CC5)no4)C3)[nH]c2c1. The van der Waals surface area contributed by atoms with Crippen LogP contribution in [0.5, 0.6) is 5.75 Å². The van der Waals surface area contributed by atoms with Crippen LogP contribution < -0.4 is 4.74 Å². The molecule has 2 aliphatic rings. The monoisotopic (exact) mass is 380 g/mol. The first-order valence-corrected chi connectivity index (χ1v) is 9.98. The number of H-pyrrole nitrogens is 1. The molecule has 146 valence electrons. The number of hydrogen-bond acceptors (Lipinski definition) is 5. The predicted octanol–water partition coefficient (Wildman–Crippen LogP) is 3.53. The van der Waals surface area contributed by atoms with Gasteiger partial charge in [0.05, 0.1) is 7.11 Å². The van der Waals surface area contributed by atoms with Crippen LogP contribution >= 0.6 is 0 Å². The normalized spacial score (nSPS) is 19.9. The standard InChI is InChI=1S/C21H24N4O3/c1-27-16-7-6-15-10-18(22-17(15)11-16)21(26)25-8-2-3-13(12-25)9-19-23-20(24-28-19)14-4-5-14/h6-7,10-11,13-14,22H,2-5,8-9,12H2,1H3/t13-/m0/s1. The predicted molar refractivity (Wildman–Crippen MR) is 103 cm³/mol. The molecule has 1 aliphatic heterocycles. The molecule has 1 atom stereocenters. The number of rotatable bonds is 5. The molecule has 1 aliphatic carbocycles. The second kappa shape index (κ2) is 6.96. The van der Waals surface area contributed by atoms with Crippen molar-refractivity contribution in [2.45, 2.75) is 38.0 Å². The number of amides is 1. The van der Waals surface area contributed by atoms with E-state index in [1.807, 2.05) is 29.2 Å². The van der Waals surface area contributed by atoms with Crippen LogP contribution in [0.1, 0.15) is 53.8 Å². The van der Waals surface area contributed by atoms with Gasteiger partial charge in [-0.05, 0) is 49.8 Å². The van der Waals surface area contributed by atoms with Crippen LogP contribution in [-0.2, 0) is 6.42 Å². The maximum absolute atomic E-state index is 13.0. The van der Waals surface area contributed by atoms with Crippen LogP contribution in [0.2, 0.25) is 0 Å². The topological polar surface area (TPSA) is 84.2 Å². The lowest BCUT2D eigenvalue weighted by Crippen LogP contribution is -2.40. The van der Waals surface area contributed by atoms with Crippen LogP contribution in [0.15, 0.2) is 28.8 Å². The fourth-order valence-electron chi connectivity index (χ4n) is 4.04. The van der Waals surface area contributed by atoms with E-state index in [2.05, 4.69) is 15.1 Å². The fourth-order valence-corrected chi connectivity index (χ4v) is 4.04. The summed E-state index contributed by atoms with van der Waals surface area (Å²) in [4.78, 5) is 22.8. The molecular formula is C21H24N4O3. The summed E-state index contributed by atoms with van der Waals surface area (Å²) in [6.45, 7) is 1.50. The number of nitrogens with zero attached hydrogens (tertiary/aromatic N) is 3. The molecule has 5 rings (SSSR count). The van der Waals surface area contributed by atoms with Gasteiger partial charge in [0, 0.05) is 42.4 Å². The van der Waals surface area contributed by atoms with Gasteiger partial charge in [-0.1, -0.05) is 5.16 Å². The Morgan fingerprint density at radius 2 is 2.21 bits per heavy atom. The zero-order valence-corrected chi connectivity index (χ0v) is 16.0. The van der Waals surface area contributed by atoms with Gasteiger partial charge in [0.15, 0.2) is 5.82 Å². The van der Waals surface area contributed by atoms with E-state index in [0.29, 0.717) is 23.4 Å². The van der Waals surface area contributed by atoms with Crippen molar-refractivity contribution in [1.82, 2.24) is 20.0 Å². The van der Waals surface area contributed by atoms with Crippen molar-refractivity contribution >= 4 is 16.8 Å². The second-order valence-corrected chi connectivity index (χ2v) is 7.92. The van der Waals surface area contributed by atoms with E-state index in [1.54, 1.807) is 7.11 Å². The smallest absolute Gasteiger partial charge is 0.270 e. The Labute approximate surface area is 163 Å². The third kappa shape index (κ3) is 3.37. The largest absolute Gasteiger partial charge is 0.497 e. The third-order valence-electron chi connectivity index (χ3n) is 5.76. The molecule has 1 saturated heterocycles. The number of hydrogen-bond donors (Lipinski definition) is 1. The molecule has 7 heteroatoms. The maximum Gasteiger partial charge on any atom is 0.270 e. The number of carbonyl (C=O) groups excluding carboxylic acids is 1. The summed E-state index contributed by atoms with van der Waals surface area (Å²) in [6.07, 6.45) is 5.15. The Morgan fingerprint density at radius 1 is 1.32 bits per heavy atom. The molecule has 0 spiro atoms. The quantitative estimate of drug-likeness (QED) is 0.732. The highest BCUT2D eigenvalue weighted by Crippen LogP contribution is 2.38. The summed E-state index contributed by atoms with van der Waals surface area (Å²) in [6, 6.07) is 7.70. The average molecular weight is 380 g/mol. The highest BCUT2D eigenvalue weighted by Gasteiger charge is 2.30. The van der Waals surface area contributed by atoms with Gasteiger partial charge in [-0.3, -0.25) is 4.79 Å². The van der Waals surface area contributed by atoms with Crippen LogP contribution in [0.25, 0.3) is 10.9 Å². The van der Waals surface area contributed by atoms with Gasteiger partial charge in [0.2, 0.25) is 5.89 Å². The number of carbonyl (C=O) groups is 1. The number of likely N-dealkylation sites (tertiary alicyclic amines) is 1. The van der Waals surface area contributed by atoms with Gasteiger partial charge < -0.3 is 19.1 Å². The van der Waals surface area contributed by atoms with E-state index >= 15 is 0 Å². The lowest BCUT2D eigenvalue weighted by atomic mass is 9.94. The number of aromatic amines is 1. The highest BCUT2D eigenvalue weighted by atomic mass is 16.5. The molecule has 7 nitrogen and oxygen atoms in total. The highest BCUT2D eigenvalue weighted by molar-refractivity contribution is 5.98. The van der Waals surface area contributed by atoms with Crippen molar-refractivity contribution in [3.05, 3.63) is 41.7 Å². The van der Waals surface area contributed by atoms with Gasteiger partial charge in [-0.25, -0.2) is 0 Å². The molecule has 3 aromatic rings. The molecule has 1 saturated carbocycles. The van der Waals surface area contributed by atoms with E-state index in [9.17, 15) is 4.79 Å². The molecule has 1 aromatic carbocycles. The van der Waals surface area contributed by atoms with Gasteiger partial charge in [-0.15, -0.1) is 0 Å². The van der Waals surface area contributed by atoms with Gasteiger partial charge in [0.25, 0.3) is 5.91 Å². The Balaban J connectivity index is 1.27. The number of benzene rings is 1. The van der Waals surface area contributed by atoms with Crippen molar-refractivity contribution in [2.75, 3.05) is 20.2 Å². The van der Waals surface area contributed by atoms with E-state index in [1.165, 1.54) is 12.8 Å². The summed E-state index contributed by atoms with van der Waals surface area (Å²) in [5.41, 5.74) is 1.53. The number of ether oxygens (including phenoxy) is 1. The second-order valence-electron chi connectivity index (χ2n) is 7.92. The molecular weight excluding hydrogens is 356 g/mol. The van der Waals surface area contributed by atoms with Crippen molar-refractivity contribution in [3.63, 3.8) is 0 Å². The van der Waals surface area contributed by atoms with Gasteiger partial charge in [-0.2, -0.15) is 4.98 Å². The minimum Gasteiger partial charge on any atom is -0.497 e. The summed E-state index contributed by atoms with van der Waals surface area (Å²) in [5, 5.41) is 5.11. The number of piperidine rings is 1. The minimum atomic E-state index is 0.0454. The summed E-state index contributed by atoms with van der Waals surface area (Å²) >= 11 is 0. The van der Waals surface area contributed by atoms with Gasteiger partial charge in [0.1, 0.15) is 11.4 Å². The average Bonchev–Trinajstić information content (AvgIpc) is 3.32. The Hall–Kier alpha value is -2.83. The van der Waals surface area contributed by atoms with E-state index in [4.69, 9.17) is 9.26 Å². The molecule has 2 fully saturated rings. The van der Waals surface area contributed by atoms with Crippen molar-refractivity contribution in [1.29, 1.82) is 0 Å². The van der Waals surface area contributed by atoms with E-state index in [-0.39, 0.29) is 5.91 Å². The maximum atomic E-state index is 13.0. The number of aromatic nitrogens is 3. The summed E-state index contributed by atoms with van der Waals surface area (Å²) in [7, 11) is 1.64. The summed E-state index contributed by atoms with van der Waals surface area (Å²) in [5.74, 6) is 3.24. The molecule has 3 heterocycles. The molecule has 2 aromatic heterocycles. The minimum absolute atomic E-state index is 0.0454. The zero-order chi connectivity index (χ0) is 19.1. The van der Waals surface area contributed by atoms with Crippen molar-refractivity contribution in [3.8, 4) is 5.75 Å². The fraction of sp³-hybridized carbons (Fsp3) is 0.476. The van der Waals surface area contributed by atoms with Gasteiger partial charge >= 0.3 is 0 Å². The molecule has 0 unspecified atom stereocenters. The number of methoxy groups -OCH3 is 1. The van der Waals surface area contributed by atoms with Crippen molar-refractivity contribution < 1.29 is 14.1 Å². The summed E-state index contributed by atoms with van der Waals surface area (Å²) < 4.78 is 10.7.